The Morgan fingerprint density at radius 1 is 1.00 bits per heavy atom. The summed E-state index contributed by atoms with van der Waals surface area (Å²) in [5, 5.41) is 3.63. The molecule has 2 aromatic rings. The molecule has 0 aliphatic heterocycles. The van der Waals surface area contributed by atoms with E-state index >= 15 is 0 Å². The quantitative estimate of drug-likeness (QED) is 0.739. The zero-order valence-electron chi connectivity index (χ0n) is 12.9. The first-order valence-corrected chi connectivity index (χ1v) is 8.34. The van der Waals surface area contributed by atoms with Gasteiger partial charge in [0.2, 0.25) is 0 Å². The van der Waals surface area contributed by atoms with Gasteiger partial charge >= 0.3 is 0 Å². The van der Waals surface area contributed by atoms with Crippen molar-refractivity contribution in [1.82, 2.24) is 10.2 Å². The predicted molar refractivity (Wildman–Crippen MR) is 98.2 cm³/mol. The molecule has 0 radical (unpaired) electrons. The Bertz CT molecular complexity index is 564. The zero-order valence-corrected chi connectivity index (χ0v) is 15.1. The lowest BCUT2D eigenvalue weighted by Gasteiger charge is -2.18. The van der Waals surface area contributed by atoms with E-state index in [9.17, 15) is 0 Å². The van der Waals surface area contributed by atoms with E-state index in [0.717, 1.165) is 13.1 Å². The SMILES string of the molecule is CC(NCc1ccccc1CN(C)C)c1ccc(I)cc1. The minimum Gasteiger partial charge on any atom is -0.306 e. The molecular weight excluding hydrogens is 371 g/mol. The van der Waals surface area contributed by atoms with Gasteiger partial charge in [-0.1, -0.05) is 36.4 Å². The van der Waals surface area contributed by atoms with Crippen LogP contribution in [0.3, 0.4) is 0 Å². The maximum atomic E-state index is 3.63. The molecule has 0 spiro atoms. The number of halogens is 1. The molecule has 0 bridgehead atoms. The molecule has 0 aliphatic rings. The third-order valence-electron chi connectivity index (χ3n) is 3.57. The standard InChI is InChI=1S/C18H23IN2/c1-14(15-8-10-18(19)11-9-15)20-12-16-6-4-5-7-17(16)13-21(2)3/h4-11,14,20H,12-13H2,1-3H3. The lowest BCUT2D eigenvalue weighted by Crippen LogP contribution is -2.20. The second-order valence-electron chi connectivity index (χ2n) is 5.66. The summed E-state index contributed by atoms with van der Waals surface area (Å²) in [5.41, 5.74) is 4.11. The van der Waals surface area contributed by atoms with Crippen LogP contribution in [0.4, 0.5) is 0 Å². The number of rotatable bonds is 6. The summed E-state index contributed by atoms with van der Waals surface area (Å²) < 4.78 is 1.28. The van der Waals surface area contributed by atoms with Crippen molar-refractivity contribution in [1.29, 1.82) is 0 Å². The molecule has 0 amide bonds. The van der Waals surface area contributed by atoms with E-state index in [4.69, 9.17) is 0 Å². The molecule has 1 unspecified atom stereocenters. The predicted octanol–water partition coefficient (Wildman–Crippen LogP) is 4.20. The van der Waals surface area contributed by atoms with Gasteiger partial charge in [-0.2, -0.15) is 0 Å². The van der Waals surface area contributed by atoms with Crippen LogP contribution in [0.25, 0.3) is 0 Å². The molecule has 2 rings (SSSR count). The van der Waals surface area contributed by atoms with Gasteiger partial charge in [0.1, 0.15) is 0 Å². The molecule has 0 saturated carbocycles. The Kier molecular flexibility index (Phi) is 6.21. The molecule has 2 aromatic carbocycles. The van der Waals surface area contributed by atoms with Crippen LogP contribution in [-0.4, -0.2) is 19.0 Å². The van der Waals surface area contributed by atoms with Gasteiger partial charge in [-0.05, 0) is 72.4 Å². The third kappa shape index (κ3) is 5.09. The lowest BCUT2D eigenvalue weighted by atomic mass is 10.1. The van der Waals surface area contributed by atoms with Crippen LogP contribution >= 0.6 is 22.6 Å². The first-order valence-electron chi connectivity index (χ1n) is 7.26. The minimum atomic E-state index is 0.356. The van der Waals surface area contributed by atoms with Gasteiger partial charge < -0.3 is 10.2 Å². The van der Waals surface area contributed by atoms with Crippen molar-refractivity contribution in [3.63, 3.8) is 0 Å². The molecule has 0 saturated heterocycles. The summed E-state index contributed by atoms with van der Waals surface area (Å²) >= 11 is 2.34. The van der Waals surface area contributed by atoms with Gasteiger partial charge in [0.05, 0.1) is 0 Å². The zero-order chi connectivity index (χ0) is 15.2. The van der Waals surface area contributed by atoms with Crippen molar-refractivity contribution in [2.45, 2.75) is 26.1 Å². The summed E-state index contributed by atoms with van der Waals surface area (Å²) in [6.45, 7) is 4.10. The van der Waals surface area contributed by atoms with E-state index in [0.29, 0.717) is 6.04 Å². The number of nitrogens with zero attached hydrogens (tertiary/aromatic N) is 1. The van der Waals surface area contributed by atoms with Crippen LogP contribution < -0.4 is 5.32 Å². The van der Waals surface area contributed by atoms with Crippen LogP contribution in [0.1, 0.15) is 29.7 Å². The van der Waals surface area contributed by atoms with E-state index in [2.05, 4.69) is 102 Å². The Morgan fingerprint density at radius 2 is 1.62 bits per heavy atom. The van der Waals surface area contributed by atoms with E-state index in [-0.39, 0.29) is 0 Å². The van der Waals surface area contributed by atoms with Crippen LogP contribution in [0.15, 0.2) is 48.5 Å². The fourth-order valence-corrected chi connectivity index (χ4v) is 2.72. The summed E-state index contributed by atoms with van der Waals surface area (Å²) in [5.74, 6) is 0. The number of hydrogen-bond acceptors (Lipinski definition) is 2. The summed E-state index contributed by atoms with van der Waals surface area (Å²) in [4.78, 5) is 2.21. The fourth-order valence-electron chi connectivity index (χ4n) is 2.36. The molecule has 0 aromatic heterocycles. The Balaban J connectivity index is 2.01. The van der Waals surface area contributed by atoms with Crippen molar-refractivity contribution in [3.05, 3.63) is 68.8 Å². The van der Waals surface area contributed by atoms with Gasteiger partial charge in [0.15, 0.2) is 0 Å². The highest BCUT2D eigenvalue weighted by molar-refractivity contribution is 14.1. The fraction of sp³-hybridized carbons (Fsp3) is 0.333. The molecule has 1 N–H and O–H groups in total. The van der Waals surface area contributed by atoms with Gasteiger partial charge in [-0.3, -0.25) is 0 Å². The average Bonchev–Trinajstić information content (AvgIpc) is 2.46. The summed E-state index contributed by atoms with van der Waals surface area (Å²) in [6, 6.07) is 17.7. The maximum Gasteiger partial charge on any atom is 0.0294 e. The number of hydrogen-bond donors (Lipinski definition) is 1. The average molecular weight is 394 g/mol. The van der Waals surface area contributed by atoms with E-state index in [1.165, 1.54) is 20.3 Å². The molecule has 3 heteroatoms. The third-order valence-corrected chi connectivity index (χ3v) is 4.29. The van der Waals surface area contributed by atoms with Crippen LogP contribution in [0, 0.1) is 3.57 Å². The van der Waals surface area contributed by atoms with Crippen LogP contribution in [0.5, 0.6) is 0 Å². The van der Waals surface area contributed by atoms with Crippen molar-refractivity contribution >= 4 is 22.6 Å². The summed E-state index contributed by atoms with van der Waals surface area (Å²) in [6.07, 6.45) is 0. The second kappa shape index (κ2) is 7.92. The summed E-state index contributed by atoms with van der Waals surface area (Å²) in [7, 11) is 4.22. The van der Waals surface area contributed by atoms with Crippen LogP contribution in [-0.2, 0) is 13.1 Å². The first kappa shape index (κ1) is 16.5. The lowest BCUT2D eigenvalue weighted by molar-refractivity contribution is 0.400. The van der Waals surface area contributed by atoms with E-state index < -0.39 is 0 Å². The molecule has 112 valence electrons. The highest BCUT2D eigenvalue weighted by Crippen LogP contribution is 2.16. The Labute approximate surface area is 141 Å². The number of nitrogens with one attached hydrogen (secondary N) is 1. The molecule has 0 fully saturated rings. The molecule has 2 nitrogen and oxygen atoms in total. The molecular formula is C18H23IN2. The van der Waals surface area contributed by atoms with E-state index in [1.54, 1.807) is 0 Å². The highest BCUT2D eigenvalue weighted by atomic mass is 127. The highest BCUT2D eigenvalue weighted by Gasteiger charge is 2.07. The Hall–Kier alpha value is -0.910. The van der Waals surface area contributed by atoms with Crippen molar-refractivity contribution in [2.75, 3.05) is 14.1 Å². The van der Waals surface area contributed by atoms with Crippen LogP contribution in [0.2, 0.25) is 0 Å². The molecule has 0 heterocycles. The van der Waals surface area contributed by atoms with Crippen molar-refractivity contribution in [3.8, 4) is 0 Å². The van der Waals surface area contributed by atoms with Gasteiger partial charge in [0.25, 0.3) is 0 Å². The van der Waals surface area contributed by atoms with Crippen molar-refractivity contribution in [2.24, 2.45) is 0 Å². The van der Waals surface area contributed by atoms with E-state index in [1.807, 2.05) is 0 Å². The van der Waals surface area contributed by atoms with Gasteiger partial charge in [0, 0.05) is 22.7 Å². The molecule has 21 heavy (non-hydrogen) atoms. The maximum absolute atomic E-state index is 3.63. The first-order chi connectivity index (χ1) is 10.1. The largest absolute Gasteiger partial charge is 0.306 e. The van der Waals surface area contributed by atoms with Gasteiger partial charge in [-0.15, -0.1) is 0 Å². The van der Waals surface area contributed by atoms with Gasteiger partial charge in [-0.25, -0.2) is 0 Å². The van der Waals surface area contributed by atoms with Crippen molar-refractivity contribution < 1.29 is 0 Å². The second-order valence-corrected chi connectivity index (χ2v) is 6.91. The number of benzene rings is 2. The minimum absolute atomic E-state index is 0.356. The Morgan fingerprint density at radius 3 is 2.24 bits per heavy atom. The monoisotopic (exact) mass is 394 g/mol. The normalized spacial score (nSPS) is 12.6. The topological polar surface area (TPSA) is 15.3 Å². The molecule has 1 atom stereocenters. The molecule has 0 aliphatic carbocycles. The smallest absolute Gasteiger partial charge is 0.0294 e.